The Balaban J connectivity index is 1.52. The van der Waals surface area contributed by atoms with Crippen molar-refractivity contribution in [3.05, 3.63) is 54.2 Å². The molecule has 0 radical (unpaired) electrons. The van der Waals surface area contributed by atoms with E-state index in [0.29, 0.717) is 38.7 Å². The van der Waals surface area contributed by atoms with Crippen molar-refractivity contribution in [2.75, 3.05) is 37.7 Å². The van der Waals surface area contributed by atoms with Gasteiger partial charge in [0.25, 0.3) is 0 Å². The van der Waals surface area contributed by atoms with Gasteiger partial charge in [-0.15, -0.1) is 0 Å². The van der Waals surface area contributed by atoms with Crippen LogP contribution in [0.25, 0.3) is 16.9 Å². The van der Waals surface area contributed by atoms with Crippen LogP contribution in [0, 0.1) is 12.7 Å². The third kappa shape index (κ3) is 4.10. The summed E-state index contributed by atoms with van der Waals surface area (Å²) in [7, 11) is 0. The molecule has 3 heterocycles. The predicted octanol–water partition coefficient (Wildman–Crippen LogP) is 3.06. The van der Waals surface area contributed by atoms with Gasteiger partial charge in [-0.2, -0.15) is 5.10 Å². The molecule has 1 aliphatic heterocycles. The van der Waals surface area contributed by atoms with Crippen molar-refractivity contribution in [3.63, 3.8) is 0 Å². The van der Waals surface area contributed by atoms with Crippen LogP contribution in [-0.2, 0) is 4.74 Å². The molecule has 156 valence electrons. The standard InChI is InChI=1S/C21H23FN6O2/c1-3-30-21(29)27-12-10-26(11-13-27)20-23-9-8-19(24-20)18-14-28(25-15(18)2)17-6-4-16(22)5-7-17/h4-9,14H,3,10-13H2,1-2H3. The van der Waals surface area contributed by atoms with E-state index in [1.54, 1.807) is 34.8 Å². The summed E-state index contributed by atoms with van der Waals surface area (Å²) in [5.41, 5.74) is 3.23. The second-order valence-corrected chi connectivity index (χ2v) is 6.96. The maximum atomic E-state index is 13.2. The number of piperazine rings is 1. The van der Waals surface area contributed by atoms with Crippen molar-refractivity contribution in [3.8, 4) is 16.9 Å². The van der Waals surface area contributed by atoms with Crippen LogP contribution >= 0.6 is 0 Å². The molecule has 1 saturated heterocycles. The summed E-state index contributed by atoms with van der Waals surface area (Å²) in [5, 5.41) is 4.54. The van der Waals surface area contributed by atoms with E-state index in [1.807, 2.05) is 19.2 Å². The summed E-state index contributed by atoms with van der Waals surface area (Å²) < 4.78 is 20.0. The first-order valence-corrected chi connectivity index (χ1v) is 9.87. The number of halogens is 1. The molecule has 30 heavy (non-hydrogen) atoms. The molecule has 9 heteroatoms. The van der Waals surface area contributed by atoms with Crippen LogP contribution in [0.2, 0.25) is 0 Å². The van der Waals surface area contributed by atoms with Crippen LogP contribution in [0.4, 0.5) is 15.1 Å². The minimum atomic E-state index is -0.286. The molecule has 0 saturated carbocycles. The number of nitrogens with zero attached hydrogens (tertiary/aromatic N) is 6. The van der Waals surface area contributed by atoms with Crippen molar-refractivity contribution < 1.29 is 13.9 Å². The van der Waals surface area contributed by atoms with Crippen LogP contribution in [-0.4, -0.2) is 63.5 Å². The molecule has 2 aromatic heterocycles. The van der Waals surface area contributed by atoms with Crippen molar-refractivity contribution in [2.45, 2.75) is 13.8 Å². The number of carbonyl (C=O) groups is 1. The van der Waals surface area contributed by atoms with E-state index >= 15 is 0 Å². The highest BCUT2D eigenvalue weighted by atomic mass is 19.1. The van der Waals surface area contributed by atoms with E-state index in [4.69, 9.17) is 9.72 Å². The van der Waals surface area contributed by atoms with Crippen LogP contribution < -0.4 is 4.90 Å². The normalized spacial score (nSPS) is 14.1. The van der Waals surface area contributed by atoms with Crippen LogP contribution in [0.5, 0.6) is 0 Å². The van der Waals surface area contributed by atoms with Crippen molar-refractivity contribution >= 4 is 12.0 Å². The van der Waals surface area contributed by atoms with Gasteiger partial charge in [0.2, 0.25) is 5.95 Å². The van der Waals surface area contributed by atoms with Gasteiger partial charge in [0.05, 0.1) is 23.7 Å². The fourth-order valence-electron chi connectivity index (χ4n) is 3.39. The number of anilines is 1. The zero-order valence-corrected chi connectivity index (χ0v) is 17.0. The Labute approximate surface area is 173 Å². The summed E-state index contributed by atoms with van der Waals surface area (Å²) in [6, 6.07) is 8.02. The molecule has 0 bridgehead atoms. The number of ether oxygens (including phenoxy) is 1. The fraction of sp³-hybridized carbons (Fsp3) is 0.333. The van der Waals surface area contributed by atoms with Gasteiger partial charge in [-0.25, -0.2) is 23.8 Å². The van der Waals surface area contributed by atoms with Crippen LogP contribution in [0.1, 0.15) is 12.6 Å². The summed E-state index contributed by atoms with van der Waals surface area (Å²) in [6.07, 6.45) is 3.33. The minimum Gasteiger partial charge on any atom is -0.450 e. The predicted molar refractivity (Wildman–Crippen MR) is 110 cm³/mol. The summed E-state index contributed by atoms with van der Waals surface area (Å²) in [5.74, 6) is 0.330. The van der Waals surface area contributed by atoms with Crippen molar-refractivity contribution in [2.24, 2.45) is 0 Å². The lowest BCUT2D eigenvalue weighted by atomic mass is 10.2. The lowest BCUT2D eigenvalue weighted by Crippen LogP contribution is -2.49. The van der Waals surface area contributed by atoms with Gasteiger partial charge in [0.15, 0.2) is 0 Å². The molecule has 1 aromatic carbocycles. The van der Waals surface area contributed by atoms with E-state index < -0.39 is 0 Å². The van der Waals surface area contributed by atoms with Crippen LogP contribution in [0.3, 0.4) is 0 Å². The molecular formula is C21H23FN6O2. The maximum Gasteiger partial charge on any atom is 0.409 e. The molecule has 0 atom stereocenters. The molecule has 1 fully saturated rings. The fourth-order valence-corrected chi connectivity index (χ4v) is 3.39. The van der Waals surface area contributed by atoms with Crippen molar-refractivity contribution in [1.82, 2.24) is 24.6 Å². The molecule has 3 aromatic rings. The number of hydrogen-bond donors (Lipinski definition) is 0. The number of aromatic nitrogens is 4. The van der Waals surface area contributed by atoms with E-state index in [1.165, 1.54) is 12.1 Å². The molecule has 0 unspecified atom stereocenters. The van der Waals surface area contributed by atoms with Gasteiger partial charge in [-0.05, 0) is 44.2 Å². The number of hydrogen-bond acceptors (Lipinski definition) is 6. The molecule has 0 aliphatic carbocycles. The molecule has 1 amide bonds. The lowest BCUT2D eigenvalue weighted by molar-refractivity contribution is 0.105. The Hall–Kier alpha value is -3.49. The average Bonchev–Trinajstić information content (AvgIpc) is 3.16. The quantitative estimate of drug-likeness (QED) is 0.658. The van der Waals surface area contributed by atoms with Gasteiger partial charge in [-0.3, -0.25) is 0 Å². The zero-order chi connectivity index (χ0) is 21.1. The van der Waals surface area contributed by atoms with Crippen LogP contribution in [0.15, 0.2) is 42.7 Å². The van der Waals surface area contributed by atoms with E-state index in [-0.39, 0.29) is 11.9 Å². The highest BCUT2D eigenvalue weighted by Crippen LogP contribution is 2.24. The Bertz CT molecular complexity index is 1030. The zero-order valence-electron chi connectivity index (χ0n) is 17.0. The lowest BCUT2D eigenvalue weighted by Gasteiger charge is -2.34. The largest absolute Gasteiger partial charge is 0.450 e. The van der Waals surface area contributed by atoms with Gasteiger partial charge < -0.3 is 14.5 Å². The number of amides is 1. The highest BCUT2D eigenvalue weighted by Gasteiger charge is 2.23. The number of aryl methyl sites for hydroxylation is 1. The average molecular weight is 410 g/mol. The SMILES string of the molecule is CCOC(=O)N1CCN(c2nccc(-c3cn(-c4ccc(F)cc4)nc3C)n2)CC1. The Kier molecular flexibility index (Phi) is 5.60. The Morgan fingerprint density at radius 1 is 1.13 bits per heavy atom. The number of benzene rings is 1. The van der Waals surface area contributed by atoms with Crippen molar-refractivity contribution in [1.29, 1.82) is 0 Å². The van der Waals surface area contributed by atoms with Gasteiger partial charge >= 0.3 is 6.09 Å². The number of carbonyl (C=O) groups excluding carboxylic acids is 1. The monoisotopic (exact) mass is 410 g/mol. The molecule has 0 spiro atoms. The molecule has 8 nitrogen and oxygen atoms in total. The van der Waals surface area contributed by atoms with E-state index in [0.717, 1.165) is 22.6 Å². The third-order valence-corrected chi connectivity index (χ3v) is 5.00. The third-order valence-electron chi connectivity index (χ3n) is 5.00. The Morgan fingerprint density at radius 3 is 2.57 bits per heavy atom. The second-order valence-electron chi connectivity index (χ2n) is 6.96. The second kappa shape index (κ2) is 8.48. The first-order valence-electron chi connectivity index (χ1n) is 9.87. The first-order chi connectivity index (χ1) is 14.5. The van der Waals surface area contributed by atoms with E-state index in [2.05, 4.69) is 15.0 Å². The molecule has 4 rings (SSSR count). The molecule has 0 N–H and O–H groups in total. The summed E-state index contributed by atoms with van der Waals surface area (Å²) >= 11 is 0. The van der Waals surface area contributed by atoms with Gasteiger partial charge in [0, 0.05) is 44.1 Å². The first kappa shape index (κ1) is 19.8. The molecule has 1 aliphatic rings. The minimum absolute atomic E-state index is 0.282. The Morgan fingerprint density at radius 2 is 1.87 bits per heavy atom. The summed E-state index contributed by atoms with van der Waals surface area (Å²) in [4.78, 5) is 24.8. The van der Waals surface area contributed by atoms with E-state index in [9.17, 15) is 9.18 Å². The maximum absolute atomic E-state index is 13.2. The smallest absolute Gasteiger partial charge is 0.409 e. The number of rotatable bonds is 4. The molecular weight excluding hydrogens is 387 g/mol. The summed E-state index contributed by atoms with van der Waals surface area (Å²) in [6.45, 7) is 6.48. The van der Waals surface area contributed by atoms with Gasteiger partial charge in [0.1, 0.15) is 5.82 Å². The van der Waals surface area contributed by atoms with Gasteiger partial charge in [-0.1, -0.05) is 0 Å². The highest BCUT2D eigenvalue weighted by molar-refractivity contribution is 5.68. The topological polar surface area (TPSA) is 76.4 Å².